The second-order valence-corrected chi connectivity index (χ2v) is 3.42. The minimum atomic E-state index is -4.47. The topological polar surface area (TPSA) is 76.0 Å². The summed E-state index contributed by atoms with van der Waals surface area (Å²) in [6, 6.07) is 6.04. The molecule has 1 aromatic rings. The molecule has 5 nitrogen and oxygen atoms in total. The SMILES string of the molecule is COc1cccc(OP(=O)(O)O)c1. The van der Waals surface area contributed by atoms with E-state index in [1.165, 1.54) is 19.2 Å². The summed E-state index contributed by atoms with van der Waals surface area (Å²) in [6.07, 6.45) is 0. The van der Waals surface area contributed by atoms with E-state index >= 15 is 0 Å². The maximum Gasteiger partial charge on any atom is 0.524 e. The summed E-state index contributed by atoms with van der Waals surface area (Å²) in [6.45, 7) is 0. The second kappa shape index (κ2) is 3.79. The number of phosphoric ester groups is 1. The van der Waals surface area contributed by atoms with Gasteiger partial charge in [0.25, 0.3) is 0 Å². The lowest BCUT2D eigenvalue weighted by atomic mass is 10.3. The summed E-state index contributed by atoms with van der Waals surface area (Å²) in [5.74, 6) is 0.554. The Bertz CT molecular complexity index is 331. The van der Waals surface area contributed by atoms with Gasteiger partial charge in [0.1, 0.15) is 11.5 Å². The predicted molar refractivity (Wildman–Crippen MR) is 45.7 cm³/mol. The van der Waals surface area contributed by atoms with Crippen LogP contribution >= 0.6 is 7.82 Å². The van der Waals surface area contributed by atoms with E-state index in [0.717, 1.165) is 0 Å². The molecule has 0 saturated heterocycles. The van der Waals surface area contributed by atoms with Crippen LogP contribution < -0.4 is 9.26 Å². The van der Waals surface area contributed by atoms with Gasteiger partial charge in [-0.3, -0.25) is 9.79 Å². The van der Waals surface area contributed by atoms with E-state index in [2.05, 4.69) is 4.52 Å². The molecule has 1 aromatic carbocycles. The zero-order chi connectivity index (χ0) is 9.90. The van der Waals surface area contributed by atoms with Gasteiger partial charge in [0.2, 0.25) is 0 Å². The van der Waals surface area contributed by atoms with E-state index in [9.17, 15) is 4.57 Å². The van der Waals surface area contributed by atoms with Crippen molar-refractivity contribution in [1.82, 2.24) is 0 Å². The molecule has 0 aliphatic heterocycles. The van der Waals surface area contributed by atoms with Gasteiger partial charge in [0.15, 0.2) is 0 Å². The molecule has 0 atom stereocenters. The van der Waals surface area contributed by atoms with Gasteiger partial charge >= 0.3 is 7.82 Å². The fourth-order valence-electron chi connectivity index (χ4n) is 0.795. The number of hydrogen-bond donors (Lipinski definition) is 2. The Morgan fingerprint density at radius 2 is 1.92 bits per heavy atom. The molecule has 0 unspecified atom stereocenters. The minimum Gasteiger partial charge on any atom is -0.497 e. The molecule has 0 aromatic heterocycles. The van der Waals surface area contributed by atoms with Crippen molar-refractivity contribution >= 4 is 7.82 Å². The number of ether oxygens (including phenoxy) is 1. The lowest BCUT2D eigenvalue weighted by Gasteiger charge is -2.07. The molecule has 0 spiro atoms. The van der Waals surface area contributed by atoms with Crippen molar-refractivity contribution in [2.75, 3.05) is 7.11 Å². The Morgan fingerprint density at radius 3 is 2.46 bits per heavy atom. The third kappa shape index (κ3) is 3.46. The standard InChI is InChI=1S/C7H9O5P/c1-11-6-3-2-4-7(5-6)12-13(8,9)10/h2-5H,1H3,(H2,8,9,10). The molecule has 0 heterocycles. The largest absolute Gasteiger partial charge is 0.524 e. The zero-order valence-corrected chi connectivity index (χ0v) is 7.77. The minimum absolute atomic E-state index is 0.0766. The number of hydrogen-bond acceptors (Lipinski definition) is 3. The lowest BCUT2D eigenvalue weighted by molar-refractivity contribution is 0.282. The highest BCUT2D eigenvalue weighted by molar-refractivity contribution is 7.46. The molecule has 0 amide bonds. The second-order valence-electron chi connectivity index (χ2n) is 2.26. The normalized spacial score (nSPS) is 11.0. The van der Waals surface area contributed by atoms with Crippen LogP contribution in [-0.4, -0.2) is 16.9 Å². The van der Waals surface area contributed by atoms with Crippen LogP contribution in [0, 0.1) is 0 Å². The molecule has 0 aliphatic rings. The van der Waals surface area contributed by atoms with E-state index < -0.39 is 7.82 Å². The lowest BCUT2D eigenvalue weighted by Crippen LogP contribution is -1.90. The van der Waals surface area contributed by atoms with Crippen molar-refractivity contribution in [3.8, 4) is 11.5 Å². The van der Waals surface area contributed by atoms with Crippen molar-refractivity contribution in [3.05, 3.63) is 24.3 Å². The first kappa shape index (κ1) is 10.1. The fourth-order valence-corrected chi connectivity index (χ4v) is 1.18. The van der Waals surface area contributed by atoms with Crippen molar-refractivity contribution in [3.63, 3.8) is 0 Å². The number of rotatable bonds is 3. The van der Waals surface area contributed by atoms with Crippen molar-refractivity contribution < 1.29 is 23.6 Å². The zero-order valence-electron chi connectivity index (χ0n) is 6.88. The third-order valence-electron chi connectivity index (χ3n) is 1.27. The van der Waals surface area contributed by atoms with Gasteiger partial charge in [-0.25, -0.2) is 4.57 Å². The summed E-state index contributed by atoms with van der Waals surface area (Å²) in [5.41, 5.74) is 0. The number of phosphoric acid groups is 1. The Morgan fingerprint density at radius 1 is 1.31 bits per heavy atom. The summed E-state index contributed by atoms with van der Waals surface area (Å²) in [5, 5.41) is 0. The molecule has 0 saturated carbocycles. The molecule has 1 rings (SSSR count). The van der Waals surface area contributed by atoms with Crippen LogP contribution in [0.3, 0.4) is 0 Å². The van der Waals surface area contributed by atoms with Crippen molar-refractivity contribution in [1.29, 1.82) is 0 Å². The molecule has 0 radical (unpaired) electrons. The van der Waals surface area contributed by atoms with Gasteiger partial charge in [-0.2, -0.15) is 0 Å². The van der Waals surface area contributed by atoms with E-state index in [0.29, 0.717) is 5.75 Å². The monoisotopic (exact) mass is 204 g/mol. The van der Waals surface area contributed by atoms with E-state index in [4.69, 9.17) is 14.5 Å². The molecule has 0 aliphatic carbocycles. The highest BCUT2D eigenvalue weighted by atomic mass is 31.2. The van der Waals surface area contributed by atoms with Gasteiger partial charge in [-0.05, 0) is 12.1 Å². The van der Waals surface area contributed by atoms with Crippen molar-refractivity contribution in [2.45, 2.75) is 0 Å². The smallest absolute Gasteiger partial charge is 0.497 e. The number of methoxy groups -OCH3 is 1. The van der Waals surface area contributed by atoms with Crippen LogP contribution in [0.1, 0.15) is 0 Å². The van der Waals surface area contributed by atoms with Crippen LogP contribution in [0.15, 0.2) is 24.3 Å². The Balaban J connectivity index is 2.84. The predicted octanol–water partition coefficient (Wildman–Crippen LogP) is 1.17. The van der Waals surface area contributed by atoms with Gasteiger partial charge in [0.05, 0.1) is 7.11 Å². The number of benzene rings is 1. The molecule has 6 heteroatoms. The Kier molecular flexibility index (Phi) is 2.93. The van der Waals surface area contributed by atoms with Crippen LogP contribution in [0.4, 0.5) is 0 Å². The molecule has 13 heavy (non-hydrogen) atoms. The third-order valence-corrected chi connectivity index (χ3v) is 1.71. The quantitative estimate of drug-likeness (QED) is 0.722. The molecular weight excluding hydrogens is 195 g/mol. The van der Waals surface area contributed by atoms with Crippen LogP contribution in [-0.2, 0) is 4.57 Å². The van der Waals surface area contributed by atoms with Gasteiger partial charge in [-0.1, -0.05) is 6.07 Å². The molecule has 0 bridgehead atoms. The molecule has 0 fully saturated rings. The average Bonchev–Trinajstić information content (AvgIpc) is 2.01. The summed E-state index contributed by atoms with van der Waals surface area (Å²) in [7, 11) is -3.02. The molecular formula is C7H9O5P. The van der Waals surface area contributed by atoms with Gasteiger partial charge < -0.3 is 9.26 Å². The van der Waals surface area contributed by atoms with Crippen LogP contribution in [0.2, 0.25) is 0 Å². The van der Waals surface area contributed by atoms with E-state index in [1.807, 2.05) is 0 Å². The van der Waals surface area contributed by atoms with Gasteiger partial charge in [-0.15, -0.1) is 0 Å². The van der Waals surface area contributed by atoms with Crippen molar-refractivity contribution in [2.24, 2.45) is 0 Å². The Labute approximate surface area is 75.2 Å². The molecule has 72 valence electrons. The average molecular weight is 204 g/mol. The summed E-state index contributed by atoms with van der Waals surface area (Å²) < 4.78 is 19.6. The first-order chi connectivity index (χ1) is 6.01. The van der Waals surface area contributed by atoms with Gasteiger partial charge in [0, 0.05) is 6.07 Å². The maximum atomic E-state index is 10.4. The van der Waals surface area contributed by atoms with E-state index in [-0.39, 0.29) is 5.75 Å². The first-order valence-corrected chi connectivity index (χ1v) is 4.93. The Hall–Kier alpha value is -1.03. The highest BCUT2D eigenvalue weighted by Crippen LogP contribution is 2.38. The van der Waals surface area contributed by atoms with Crippen LogP contribution in [0.25, 0.3) is 0 Å². The molecule has 2 N–H and O–H groups in total. The summed E-state index contributed by atoms with van der Waals surface area (Å²) in [4.78, 5) is 17.0. The summed E-state index contributed by atoms with van der Waals surface area (Å²) >= 11 is 0. The highest BCUT2D eigenvalue weighted by Gasteiger charge is 2.15. The first-order valence-electron chi connectivity index (χ1n) is 3.40. The maximum absolute atomic E-state index is 10.4. The van der Waals surface area contributed by atoms with E-state index in [1.54, 1.807) is 12.1 Å². The van der Waals surface area contributed by atoms with Crippen LogP contribution in [0.5, 0.6) is 11.5 Å². The fraction of sp³-hybridized carbons (Fsp3) is 0.143.